The van der Waals surface area contributed by atoms with Gasteiger partial charge in [0.25, 0.3) is 0 Å². The summed E-state index contributed by atoms with van der Waals surface area (Å²) in [5.41, 5.74) is 0.786. The predicted molar refractivity (Wildman–Crippen MR) is 107 cm³/mol. The minimum Gasteiger partial charge on any atom is -0.368 e. The Bertz CT molecular complexity index is 735. The second kappa shape index (κ2) is 9.28. The van der Waals surface area contributed by atoms with Gasteiger partial charge in [-0.3, -0.25) is 0 Å². The molecule has 0 saturated carbocycles. The van der Waals surface area contributed by atoms with Crippen LogP contribution in [0.25, 0.3) is 0 Å². The standard InChI is InChI=1S/C18H24N6OS/c1-26-15-6-4-5-14(11-15)23-18(25)20-8-7-19-16-12-17(22-13-21-16)24-9-2-3-10-24/h4-6,11-13H,2-3,7-10H2,1H3,(H,19,21,22)(H2,20,23,25). The first-order chi connectivity index (χ1) is 12.7. The molecule has 2 amide bonds. The molecule has 138 valence electrons. The van der Waals surface area contributed by atoms with Crippen molar-refractivity contribution in [2.24, 2.45) is 0 Å². The van der Waals surface area contributed by atoms with Gasteiger partial charge in [0.2, 0.25) is 0 Å². The van der Waals surface area contributed by atoms with Crippen LogP contribution >= 0.6 is 11.8 Å². The second-order valence-corrected chi connectivity index (χ2v) is 6.87. The Morgan fingerprint density at radius 3 is 2.85 bits per heavy atom. The van der Waals surface area contributed by atoms with Gasteiger partial charge in [-0.1, -0.05) is 6.07 Å². The number of anilines is 3. The Morgan fingerprint density at radius 2 is 2.04 bits per heavy atom. The number of amides is 2. The number of carbonyl (C=O) groups excluding carboxylic acids is 1. The Kier molecular flexibility index (Phi) is 6.54. The molecule has 0 spiro atoms. The van der Waals surface area contributed by atoms with E-state index in [0.717, 1.165) is 35.3 Å². The van der Waals surface area contributed by atoms with Gasteiger partial charge < -0.3 is 20.9 Å². The number of nitrogens with one attached hydrogen (secondary N) is 3. The van der Waals surface area contributed by atoms with Crippen LogP contribution in [-0.4, -0.2) is 48.4 Å². The fourth-order valence-corrected chi connectivity index (χ4v) is 3.27. The van der Waals surface area contributed by atoms with Gasteiger partial charge in [0.05, 0.1) is 0 Å². The highest BCUT2D eigenvalue weighted by Crippen LogP contribution is 2.19. The third kappa shape index (κ3) is 5.26. The normalized spacial score (nSPS) is 13.5. The zero-order valence-corrected chi connectivity index (χ0v) is 15.7. The van der Waals surface area contributed by atoms with Crippen LogP contribution in [0.5, 0.6) is 0 Å². The Labute approximate surface area is 158 Å². The van der Waals surface area contributed by atoms with Crippen LogP contribution in [0.1, 0.15) is 12.8 Å². The third-order valence-corrected chi connectivity index (χ3v) is 4.85. The number of aromatic nitrogens is 2. The lowest BCUT2D eigenvalue weighted by Gasteiger charge is -2.16. The van der Waals surface area contributed by atoms with Crippen LogP contribution in [0, 0.1) is 0 Å². The van der Waals surface area contributed by atoms with Gasteiger partial charge >= 0.3 is 6.03 Å². The Hall–Kier alpha value is -2.48. The molecule has 1 fully saturated rings. The van der Waals surface area contributed by atoms with E-state index < -0.39 is 0 Å². The van der Waals surface area contributed by atoms with E-state index in [1.54, 1.807) is 18.1 Å². The molecule has 2 aromatic rings. The average Bonchev–Trinajstić information content (AvgIpc) is 3.20. The summed E-state index contributed by atoms with van der Waals surface area (Å²) in [5, 5.41) is 8.90. The van der Waals surface area contributed by atoms with Crippen molar-refractivity contribution in [3.63, 3.8) is 0 Å². The summed E-state index contributed by atoms with van der Waals surface area (Å²) in [5.74, 6) is 1.73. The minimum absolute atomic E-state index is 0.217. The molecule has 0 bridgehead atoms. The van der Waals surface area contributed by atoms with Gasteiger partial charge in [0.15, 0.2) is 0 Å². The van der Waals surface area contributed by atoms with Gasteiger partial charge in [0.1, 0.15) is 18.0 Å². The first-order valence-electron chi connectivity index (χ1n) is 8.74. The molecule has 0 aliphatic carbocycles. The highest BCUT2D eigenvalue weighted by Gasteiger charge is 2.13. The van der Waals surface area contributed by atoms with Crippen molar-refractivity contribution in [2.45, 2.75) is 17.7 Å². The molecular weight excluding hydrogens is 348 g/mol. The van der Waals surface area contributed by atoms with Crippen molar-refractivity contribution in [3.8, 4) is 0 Å². The van der Waals surface area contributed by atoms with Crippen molar-refractivity contribution < 1.29 is 4.79 Å². The third-order valence-electron chi connectivity index (χ3n) is 4.13. The molecule has 8 heteroatoms. The number of urea groups is 1. The molecule has 0 unspecified atom stereocenters. The number of rotatable bonds is 7. The summed E-state index contributed by atoms with van der Waals surface area (Å²) in [6, 6.07) is 9.50. The van der Waals surface area contributed by atoms with Crippen LogP contribution in [0.3, 0.4) is 0 Å². The van der Waals surface area contributed by atoms with Crippen molar-refractivity contribution in [1.82, 2.24) is 15.3 Å². The van der Waals surface area contributed by atoms with E-state index in [2.05, 4.69) is 30.8 Å². The van der Waals surface area contributed by atoms with Crippen LogP contribution in [0.15, 0.2) is 41.6 Å². The molecule has 3 N–H and O–H groups in total. The lowest BCUT2D eigenvalue weighted by molar-refractivity contribution is 0.252. The monoisotopic (exact) mass is 372 g/mol. The summed E-state index contributed by atoms with van der Waals surface area (Å²) < 4.78 is 0. The maximum Gasteiger partial charge on any atom is 0.319 e. The Morgan fingerprint density at radius 1 is 1.19 bits per heavy atom. The number of hydrogen-bond acceptors (Lipinski definition) is 6. The molecule has 1 aromatic heterocycles. The molecule has 1 aliphatic heterocycles. The average molecular weight is 372 g/mol. The molecule has 2 heterocycles. The fraction of sp³-hybridized carbons (Fsp3) is 0.389. The number of thioether (sulfide) groups is 1. The van der Waals surface area contributed by atoms with Crippen molar-refractivity contribution in [3.05, 3.63) is 36.7 Å². The molecule has 0 atom stereocenters. The smallest absolute Gasteiger partial charge is 0.319 e. The maximum absolute atomic E-state index is 12.0. The Balaban J connectivity index is 1.41. The lowest BCUT2D eigenvalue weighted by Crippen LogP contribution is -2.32. The summed E-state index contributed by atoms with van der Waals surface area (Å²) in [6.45, 7) is 3.19. The molecule has 3 rings (SSSR count). The van der Waals surface area contributed by atoms with Crippen molar-refractivity contribution in [1.29, 1.82) is 0 Å². The van der Waals surface area contributed by atoms with Crippen LogP contribution in [0.4, 0.5) is 22.1 Å². The van der Waals surface area contributed by atoms with E-state index in [0.29, 0.717) is 13.1 Å². The van der Waals surface area contributed by atoms with Crippen molar-refractivity contribution in [2.75, 3.05) is 48.0 Å². The number of nitrogens with zero attached hydrogens (tertiary/aromatic N) is 3. The van der Waals surface area contributed by atoms with E-state index in [1.165, 1.54) is 12.8 Å². The molecular formula is C18H24N6OS. The first-order valence-corrected chi connectivity index (χ1v) is 9.97. The van der Waals surface area contributed by atoms with E-state index in [1.807, 2.05) is 36.6 Å². The summed E-state index contributed by atoms with van der Waals surface area (Å²) in [4.78, 5) is 23.9. The molecule has 0 radical (unpaired) electrons. The van der Waals surface area contributed by atoms with Gasteiger partial charge in [-0.05, 0) is 37.3 Å². The zero-order chi connectivity index (χ0) is 18.2. The summed E-state index contributed by atoms with van der Waals surface area (Å²) in [6.07, 6.45) is 6.01. The van der Waals surface area contributed by atoms with Crippen LogP contribution in [0.2, 0.25) is 0 Å². The van der Waals surface area contributed by atoms with E-state index in [9.17, 15) is 4.79 Å². The zero-order valence-electron chi connectivity index (χ0n) is 14.9. The number of carbonyl (C=O) groups is 1. The SMILES string of the molecule is CSc1cccc(NC(=O)NCCNc2cc(N3CCCC3)ncn2)c1. The second-order valence-electron chi connectivity index (χ2n) is 6.00. The minimum atomic E-state index is -0.217. The van der Waals surface area contributed by atoms with E-state index in [-0.39, 0.29) is 6.03 Å². The molecule has 1 aliphatic rings. The maximum atomic E-state index is 12.0. The van der Waals surface area contributed by atoms with Crippen LogP contribution < -0.4 is 20.9 Å². The van der Waals surface area contributed by atoms with Crippen molar-refractivity contribution >= 4 is 35.1 Å². The summed E-state index contributed by atoms with van der Waals surface area (Å²) in [7, 11) is 0. The topological polar surface area (TPSA) is 82.2 Å². The first kappa shape index (κ1) is 18.3. The fourth-order valence-electron chi connectivity index (χ4n) is 2.81. The highest BCUT2D eigenvalue weighted by atomic mass is 32.2. The lowest BCUT2D eigenvalue weighted by atomic mass is 10.3. The van der Waals surface area contributed by atoms with Gasteiger partial charge in [-0.2, -0.15) is 0 Å². The number of hydrogen-bond donors (Lipinski definition) is 3. The van der Waals surface area contributed by atoms with Gasteiger partial charge in [0, 0.05) is 42.8 Å². The molecule has 1 saturated heterocycles. The van der Waals surface area contributed by atoms with Gasteiger partial charge in [-0.15, -0.1) is 11.8 Å². The molecule has 7 nitrogen and oxygen atoms in total. The molecule has 26 heavy (non-hydrogen) atoms. The largest absolute Gasteiger partial charge is 0.368 e. The van der Waals surface area contributed by atoms with E-state index >= 15 is 0 Å². The van der Waals surface area contributed by atoms with Crippen LogP contribution in [-0.2, 0) is 0 Å². The van der Waals surface area contributed by atoms with E-state index in [4.69, 9.17) is 0 Å². The summed E-state index contributed by atoms with van der Waals surface area (Å²) >= 11 is 1.64. The van der Waals surface area contributed by atoms with Gasteiger partial charge in [-0.25, -0.2) is 14.8 Å². The molecule has 1 aromatic carbocycles. The quantitative estimate of drug-likeness (QED) is 0.512. The predicted octanol–water partition coefficient (Wildman–Crippen LogP) is 3.03. The number of benzene rings is 1. The highest BCUT2D eigenvalue weighted by molar-refractivity contribution is 7.98.